The van der Waals surface area contributed by atoms with Crippen molar-refractivity contribution in [2.45, 2.75) is 58.4 Å². The molecular formula is C24H29N5O2. The predicted octanol–water partition coefficient (Wildman–Crippen LogP) is 4.68. The SMILES string of the molecule is CCC/C=C(/OC(N)=NC(C)C)c1ccc2[nH]cc(-c3cc(=O)[nH]c(C4CC4)n3)c2c1. The predicted molar refractivity (Wildman–Crippen MR) is 125 cm³/mol. The Labute approximate surface area is 181 Å². The maximum Gasteiger partial charge on any atom is 0.287 e. The number of H-pyrrole nitrogens is 2. The van der Waals surface area contributed by atoms with Gasteiger partial charge >= 0.3 is 0 Å². The number of aromatic amines is 2. The number of benzene rings is 1. The number of hydrogen-bond donors (Lipinski definition) is 3. The number of fused-ring (bicyclic) bond motifs is 1. The van der Waals surface area contributed by atoms with Crippen LogP contribution in [0.3, 0.4) is 0 Å². The number of allylic oxidation sites excluding steroid dienone is 1. The highest BCUT2D eigenvalue weighted by Crippen LogP contribution is 2.38. The molecule has 7 heteroatoms. The van der Waals surface area contributed by atoms with Gasteiger partial charge in [-0.1, -0.05) is 13.3 Å². The van der Waals surface area contributed by atoms with Crippen molar-refractivity contribution in [1.29, 1.82) is 0 Å². The molecule has 0 bridgehead atoms. The highest BCUT2D eigenvalue weighted by molar-refractivity contribution is 5.96. The molecule has 31 heavy (non-hydrogen) atoms. The number of unbranched alkanes of at least 4 members (excludes halogenated alkanes) is 1. The Balaban J connectivity index is 1.75. The summed E-state index contributed by atoms with van der Waals surface area (Å²) in [7, 11) is 0. The lowest BCUT2D eigenvalue weighted by Crippen LogP contribution is -2.17. The van der Waals surface area contributed by atoms with Gasteiger partial charge in [0.1, 0.15) is 11.6 Å². The van der Waals surface area contributed by atoms with Crippen molar-refractivity contribution in [1.82, 2.24) is 15.0 Å². The van der Waals surface area contributed by atoms with Gasteiger partial charge in [0.05, 0.1) is 5.69 Å². The van der Waals surface area contributed by atoms with Gasteiger partial charge < -0.3 is 20.4 Å². The molecule has 2 heterocycles. The van der Waals surface area contributed by atoms with Gasteiger partial charge in [-0.2, -0.15) is 0 Å². The van der Waals surface area contributed by atoms with Crippen molar-refractivity contribution in [2.24, 2.45) is 10.7 Å². The second-order valence-corrected chi connectivity index (χ2v) is 8.27. The first-order valence-corrected chi connectivity index (χ1v) is 10.9. The average molecular weight is 420 g/mol. The molecule has 4 N–H and O–H groups in total. The van der Waals surface area contributed by atoms with Crippen molar-refractivity contribution < 1.29 is 4.74 Å². The summed E-state index contributed by atoms with van der Waals surface area (Å²) in [6, 6.07) is 7.80. The minimum Gasteiger partial charge on any atom is -0.426 e. The van der Waals surface area contributed by atoms with Crippen LogP contribution in [0.5, 0.6) is 0 Å². The van der Waals surface area contributed by atoms with Crippen molar-refractivity contribution in [2.75, 3.05) is 0 Å². The highest BCUT2D eigenvalue weighted by atomic mass is 16.5. The Hall–Kier alpha value is -3.35. The van der Waals surface area contributed by atoms with E-state index >= 15 is 0 Å². The normalized spacial score (nSPS) is 15.1. The topological polar surface area (TPSA) is 109 Å². The standard InChI is InChI=1S/C24H29N5O2/c1-4-5-6-21(31-24(25)27-14(2)3)16-9-10-19-17(11-16)18(13-26-19)20-12-22(30)29-23(28-20)15-7-8-15/h6,9-15,26H,4-5,7-8H2,1-3H3,(H2,25,27)(H,28,29,30)/b21-6+. The van der Waals surface area contributed by atoms with Gasteiger partial charge in [-0.15, -0.1) is 0 Å². The van der Waals surface area contributed by atoms with Crippen LogP contribution >= 0.6 is 0 Å². The van der Waals surface area contributed by atoms with Crippen LogP contribution in [0.2, 0.25) is 0 Å². The van der Waals surface area contributed by atoms with E-state index in [1.807, 2.05) is 44.3 Å². The van der Waals surface area contributed by atoms with Crippen LogP contribution in [-0.4, -0.2) is 27.0 Å². The third kappa shape index (κ3) is 4.87. The largest absolute Gasteiger partial charge is 0.426 e. The van der Waals surface area contributed by atoms with Gasteiger partial charge in [0.2, 0.25) is 0 Å². The van der Waals surface area contributed by atoms with E-state index in [1.54, 1.807) is 6.07 Å². The van der Waals surface area contributed by atoms with E-state index in [0.717, 1.165) is 53.5 Å². The molecule has 2 aromatic heterocycles. The van der Waals surface area contributed by atoms with Crippen LogP contribution < -0.4 is 11.3 Å². The molecule has 0 radical (unpaired) electrons. The van der Waals surface area contributed by atoms with Gasteiger partial charge in [0.15, 0.2) is 0 Å². The first-order valence-electron chi connectivity index (χ1n) is 10.9. The Bertz CT molecular complexity index is 1200. The summed E-state index contributed by atoms with van der Waals surface area (Å²) in [6.07, 6.45) is 7.94. The van der Waals surface area contributed by atoms with Gasteiger partial charge in [0, 0.05) is 46.3 Å². The molecular weight excluding hydrogens is 390 g/mol. The molecule has 0 saturated heterocycles. The van der Waals surface area contributed by atoms with Crippen molar-refractivity contribution in [3.63, 3.8) is 0 Å². The zero-order chi connectivity index (χ0) is 22.0. The summed E-state index contributed by atoms with van der Waals surface area (Å²) < 4.78 is 5.91. The minimum absolute atomic E-state index is 0.0501. The molecule has 0 amide bonds. The van der Waals surface area contributed by atoms with Crippen LogP contribution in [0, 0.1) is 0 Å². The van der Waals surface area contributed by atoms with E-state index in [1.165, 1.54) is 0 Å². The van der Waals surface area contributed by atoms with Gasteiger partial charge in [-0.25, -0.2) is 9.98 Å². The quantitative estimate of drug-likeness (QED) is 0.293. The molecule has 1 aromatic carbocycles. The number of aromatic nitrogens is 3. The van der Waals surface area contributed by atoms with Crippen molar-refractivity contribution >= 4 is 22.7 Å². The number of rotatable bonds is 7. The number of amidine groups is 1. The molecule has 162 valence electrons. The van der Waals surface area contributed by atoms with Gasteiger partial charge in [-0.3, -0.25) is 4.79 Å². The molecule has 0 unspecified atom stereocenters. The third-order valence-electron chi connectivity index (χ3n) is 5.18. The molecule has 0 aliphatic heterocycles. The molecule has 0 atom stereocenters. The molecule has 0 spiro atoms. The molecule has 3 aromatic rings. The zero-order valence-electron chi connectivity index (χ0n) is 18.2. The minimum atomic E-state index is -0.123. The van der Waals surface area contributed by atoms with E-state index in [-0.39, 0.29) is 17.6 Å². The fourth-order valence-corrected chi connectivity index (χ4v) is 3.54. The van der Waals surface area contributed by atoms with Gasteiger partial charge in [-0.05, 0) is 57.4 Å². The second kappa shape index (κ2) is 8.79. The van der Waals surface area contributed by atoms with E-state index in [9.17, 15) is 4.79 Å². The first kappa shape index (κ1) is 20.9. The highest BCUT2D eigenvalue weighted by Gasteiger charge is 2.26. The maximum absolute atomic E-state index is 12.2. The fraction of sp³-hybridized carbons (Fsp3) is 0.375. The molecule has 1 saturated carbocycles. The summed E-state index contributed by atoms with van der Waals surface area (Å²) in [5, 5.41) is 0.975. The van der Waals surface area contributed by atoms with E-state index in [4.69, 9.17) is 15.5 Å². The number of ether oxygens (including phenoxy) is 1. The molecule has 4 rings (SSSR count). The summed E-state index contributed by atoms with van der Waals surface area (Å²) in [4.78, 5) is 27.4. The van der Waals surface area contributed by atoms with E-state index in [2.05, 4.69) is 21.9 Å². The number of nitrogens with zero attached hydrogens (tertiary/aromatic N) is 2. The summed E-state index contributed by atoms with van der Waals surface area (Å²) >= 11 is 0. The monoisotopic (exact) mass is 419 g/mol. The Morgan fingerprint density at radius 3 is 2.87 bits per heavy atom. The van der Waals surface area contributed by atoms with Crippen LogP contribution in [0.25, 0.3) is 27.9 Å². The first-order chi connectivity index (χ1) is 14.9. The lowest BCUT2D eigenvalue weighted by atomic mass is 10.0. The number of nitrogens with two attached hydrogens (primary N) is 1. The van der Waals surface area contributed by atoms with Crippen molar-refractivity contribution in [3.05, 3.63) is 58.3 Å². The molecule has 1 aliphatic carbocycles. The Morgan fingerprint density at radius 2 is 2.16 bits per heavy atom. The van der Waals surface area contributed by atoms with Crippen LogP contribution in [0.4, 0.5) is 0 Å². The number of nitrogens with one attached hydrogen (secondary N) is 2. The fourth-order valence-electron chi connectivity index (χ4n) is 3.54. The molecule has 1 aliphatic rings. The number of hydrogen-bond acceptors (Lipinski definition) is 4. The maximum atomic E-state index is 12.2. The third-order valence-corrected chi connectivity index (χ3v) is 5.18. The molecule has 7 nitrogen and oxygen atoms in total. The summed E-state index contributed by atoms with van der Waals surface area (Å²) in [5.41, 5.74) is 9.31. The lowest BCUT2D eigenvalue weighted by molar-refractivity contribution is 0.489. The number of aliphatic imine (C=N–C) groups is 1. The zero-order valence-corrected chi connectivity index (χ0v) is 18.2. The Morgan fingerprint density at radius 1 is 1.35 bits per heavy atom. The van der Waals surface area contributed by atoms with Crippen LogP contribution in [0.1, 0.15) is 63.8 Å². The van der Waals surface area contributed by atoms with Crippen LogP contribution in [-0.2, 0) is 4.74 Å². The molecule has 1 fully saturated rings. The second-order valence-electron chi connectivity index (χ2n) is 8.27. The average Bonchev–Trinajstić information content (AvgIpc) is 3.49. The van der Waals surface area contributed by atoms with Gasteiger partial charge in [0.25, 0.3) is 11.6 Å². The summed E-state index contributed by atoms with van der Waals surface area (Å²) in [6.45, 7) is 6.02. The Kier molecular flexibility index (Phi) is 5.93. The van der Waals surface area contributed by atoms with E-state index in [0.29, 0.717) is 17.4 Å². The van der Waals surface area contributed by atoms with Crippen molar-refractivity contribution in [3.8, 4) is 11.3 Å². The smallest absolute Gasteiger partial charge is 0.287 e. The summed E-state index contributed by atoms with van der Waals surface area (Å²) in [5.74, 6) is 1.82. The van der Waals surface area contributed by atoms with Crippen LogP contribution in [0.15, 0.2) is 46.3 Å². The van der Waals surface area contributed by atoms with E-state index < -0.39 is 0 Å². The lowest BCUT2D eigenvalue weighted by Gasteiger charge is -2.11.